The van der Waals surface area contributed by atoms with Gasteiger partial charge in [0.1, 0.15) is 13.2 Å². The molecular weight excluding hydrogens is 260 g/mol. The molecule has 0 amide bonds. The lowest BCUT2D eigenvalue weighted by Gasteiger charge is -2.17. The summed E-state index contributed by atoms with van der Waals surface area (Å²) < 4.78 is 19.8. The summed E-state index contributed by atoms with van der Waals surface area (Å²) in [5, 5.41) is 8.50. The van der Waals surface area contributed by atoms with Gasteiger partial charge in [-0.1, -0.05) is 0 Å². The number of carbonyl (C=O) groups excluding carboxylic acids is 3. The van der Waals surface area contributed by atoms with Crippen LogP contribution in [0.5, 0.6) is 0 Å². The van der Waals surface area contributed by atoms with Crippen LogP contribution in [-0.2, 0) is 33.3 Å². The zero-order valence-corrected chi connectivity index (χ0v) is 10.7. The molecule has 19 heavy (non-hydrogen) atoms. The Morgan fingerprint density at radius 3 is 2.37 bits per heavy atom. The maximum Gasteiger partial charge on any atom is 0.331 e. The third kappa shape index (κ3) is 5.23. The van der Waals surface area contributed by atoms with E-state index in [4.69, 9.17) is 19.3 Å². The molecule has 0 saturated carbocycles. The van der Waals surface area contributed by atoms with Crippen molar-refractivity contribution < 1.29 is 38.4 Å². The molecule has 0 aromatic rings. The molecule has 0 aromatic heterocycles. The summed E-state index contributed by atoms with van der Waals surface area (Å²) in [6.07, 6.45) is -2.08. The minimum Gasteiger partial charge on any atom is -0.461 e. The van der Waals surface area contributed by atoms with Gasteiger partial charge in [-0.15, -0.1) is 0 Å². The highest BCUT2D eigenvalue weighted by atomic mass is 16.7. The predicted molar refractivity (Wildman–Crippen MR) is 58.6 cm³/mol. The molecule has 108 valence electrons. The number of aliphatic hydroxyl groups is 1. The van der Waals surface area contributed by atoms with E-state index in [-0.39, 0.29) is 13.0 Å². The van der Waals surface area contributed by atoms with Crippen LogP contribution in [0.1, 0.15) is 20.3 Å². The Bertz CT molecular complexity index is 329. The smallest absolute Gasteiger partial charge is 0.331 e. The lowest BCUT2D eigenvalue weighted by Crippen LogP contribution is -2.30. The number of esters is 3. The summed E-state index contributed by atoms with van der Waals surface area (Å²) >= 11 is 0. The van der Waals surface area contributed by atoms with Gasteiger partial charge >= 0.3 is 17.9 Å². The number of ether oxygens (including phenoxy) is 4. The van der Waals surface area contributed by atoms with Crippen LogP contribution in [-0.4, -0.2) is 54.7 Å². The molecule has 3 atom stereocenters. The molecular formula is C11H16O8. The van der Waals surface area contributed by atoms with Crippen molar-refractivity contribution in [3.8, 4) is 0 Å². The van der Waals surface area contributed by atoms with Crippen molar-refractivity contribution in [2.75, 3.05) is 13.2 Å². The van der Waals surface area contributed by atoms with Crippen LogP contribution in [0.15, 0.2) is 0 Å². The molecule has 1 rings (SSSR count). The Morgan fingerprint density at radius 2 is 1.84 bits per heavy atom. The largest absolute Gasteiger partial charge is 0.461 e. The normalized spacial score (nSPS) is 25.7. The van der Waals surface area contributed by atoms with Crippen LogP contribution in [0.2, 0.25) is 0 Å². The lowest BCUT2D eigenvalue weighted by atomic mass is 10.2. The van der Waals surface area contributed by atoms with Gasteiger partial charge in [-0.05, 0) is 0 Å². The van der Waals surface area contributed by atoms with Gasteiger partial charge in [0.25, 0.3) is 0 Å². The average Bonchev–Trinajstić information content (AvgIpc) is 2.66. The summed E-state index contributed by atoms with van der Waals surface area (Å²) in [6, 6.07) is 0. The first-order valence-electron chi connectivity index (χ1n) is 5.68. The Morgan fingerprint density at radius 1 is 1.21 bits per heavy atom. The Hall–Kier alpha value is -1.67. The van der Waals surface area contributed by atoms with Crippen LogP contribution in [0.4, 0.5) is 0 Å². The van der Waals surface area contributed by atoms with E-state index in [2.05, 4.69) is 4.74 Å². The molecule has 8 heteroatoms. The minimum atomic E-state index is -1.01. The molecule has 0 aliphatic carbocycles. The van der Waals surface area contributed by atoms with Gasteiger partial charge in [0, 0.05) is 20.3 Å². The van der Waals surface area contributed by atoms with Gasteiger partial charge in [-0.3, -0.25) is 9.59 Å². The summed E-state index contributed by atoms with van der Waals surface area (Å²) in [6.45, 7) is 1.58. The molecule has 1 saturated heterocycles. The first-order chi connectivity index (χ1) is 8.92. The first-order valence-corrected chi connectivity index (χ1v) is 5.68. The molecule has 1 unspecified atom stereocenters. The molecule has 8 nitrogen and oxygen atoms in total. The van der Waals surface area contributed by atoms with E-state index in [0.29, 0.717) is 0 Å². The molecule has 0 bridgehead atoms. The van der Waals surface area contributed by atoms with E-state index in [1.807, 2.05) is 0 Å². The van der Waals surface area contributed by atoms with E-state index >= 15 is 0 Å². The van der Waals surface area contributed by atoms with Crippen LogP contribution in [0, 0.1) is 0 Å². The number of carbonyl (C=O) groups is 3. The molecule has 0 aromatic carbocycles. The van der Waals surface area contributed by atoms with Crippen LogP contribution in [0.25, 0.3) is 0 Å². The zero-order chi connectivity index (χ0) is 14.4. The zero-order valence-electron chi connectivity index (χ0n) is 10.7. The SMILES string of the molecule is CC(=O)OC1C[C@@H](COC(=O)CO)O[C@H]1OC(C)=O. The van der Waals surface area contributed by atoms with Gasteiger partial charge in [-0.2, -0.15) is 0 Å². The highest BCUT2D eigenvalue weighted by molar-refractivity contribution is 5.70. The van der Waals surface area contributed by atoms with E-state index in [0.717, 1.165) is 0 Å². The molecule has 0 spiro atoms. The average molecular weight is 276 g/mol. The molecule has 1 fully saturated rings. The molecule has 1 aliphatic heterocycles. The van der Waals surface area contributed by atoms with E-state index in [9.17, 15) is 14.4 Å². The third-order valence-electron chi connectivity index (χ3n) is 2.28. The van der Waals surface area contributed by atoms with Crippen molar-refractivity contribution in [2.45, 2.75) is 38.8 Å². The molecule has 1 heterocycles. The maximum atomic E-state index is 10.9. The predicted octanol–water partition coefficient (Wildman–Crippen LogP) is -0.868. The molecule has 1 N–H and O–H groups in total. The van der Waals surface area contributed by atoms with E-state index in [1.54, 1.807) is 0 Å². The highest BCUT2D eigenvalue weighted by Crippen LogP contribution is 2.25. The minimum absolute atomic E-state index is 0.116. The Labute approximate surface area is 109 Å². The second-order valence-electron chi connectivity index (χ2n) is 3.96. The van der Waals surface area contributed by atoms with Crippen molar-refractivity contribution in [3.05, 3.63) is 0 Å². The third-order valence-corrected chi connectivity index (χ3v) is 2.28. The quantitative estimate of drug-likeness (QED) is 0.510. The fraction of sp³-hybridized carbons (Fsp3) is 0.727. The number of aliphatic hydroxyl groups excluding tert-OH is 1. The van der Waals surface area contributed by atoms with Crippen molar-refractivity contribution in [2.24, 2.45) is 0 Å². The highest BCUT2D eigenvalue weighted by Gasteiger charge is 2.40. The fourth-order valence-electron chi connectivity index (χ4n) is 1.63. The van der Waals surface area contributed by atoms with Crippen LogP contribution in [0.3, 0.4) is 0 Å². The monoisotopic (exact) mass is 276 g/mol. The second kappa shape index (κ2) is 7.05. The number of hydrogen-bond donors (Lipinski definition) is 1. The molecule has 0 radical (unpaired) electrons. The van der Waals surface area contributed by atoms with Crippen molar-refractivity contribution in [1.29, 1.82) is 0 Å². The van der Waals surface area contributed by atoms with Crippen molar-refractivity contribution in [1.82, 2.24) is 0 Å². The summed E-state index contributed by atoms with van der Waals surface area (Å²) in [7, 11) is 0. The van der Waals surface area contributed by atoms with Crippen LogP contribution < -0.4 is 0 Å². The van der Waals surface area contributed by atoms with E-state index in [1.165, 1.54) is 13.8 Å². The van der Waals surface area contributed by atoms with E-state index < -0.39 is 43.0 Å². The number of hydrogen-bond acceptors (Lipinski definition) is 8. The van der Waals surface area contributed by atoms with Crippen molar-refractivity contribution >= 4 is 17.9 Å². The topological polar surface area (TPSA) is 108 Å². The molecule has 1 aliphatic rings. The fourth-order valence-corrected chi connectivity index (χ4v) is 1.63. The van der Waals surface area contributed by atoms with Gasteiger partial charge in [0.2, 0.25) is 6.29 Å². The standard InChI is InChI=1S/C11H16O8/c1-6(13)17-9-3-8(5-16-10(15)4-12)19-11(9)18-7(2)14/h8-9,11-12H,3-5H2,1-2H3/t8-,9?,11+/m0/s1. The van der Waals surface area contributed by atoms with Gasteiger partial charge in [-0.25, -0.2) is 4.79 Å². The van der Waals surface area contributed by atoms with Gasteiger partial charge < -0.3 is 24.1 Å². The lowest BCUT2D eigenvalue weighted by molar-refractivity contribution is -0.196. The van der Waals surface area contributed by atoms with Crippen molar-refractivity contribution in [3.63, 3.8) is 0 Å². The Kier molecular flexibility index (Phi) is 5.71. The Balaban J connectivity index is 2.52. The summed E-state index contributed by atoms with van der Waals surface area (Å²) in [4.78, 5) is 32.6. The number of rotatable bonds is 5. The van der Waals surface area contributed by atoms with Gasteiger partial charge in [0.05, 0.1) is 6.10 Å². The first kappa shape index (κ1) is 15.4. The second-order valence-corrected chi connectivity index (χ2v) is 3.96. The van der Waals surface area contributed by atoms with Gasteiger partial charge in [0.15, 0.2) is 6.10 Å². The summed E-state index contributed by atoms with van der Waals surface area (Å²) in [5.74, 6) is -1.89. The summed E-state index contributed by atoms with van der Waals surface area (Å²) in [5.41, 5.74) is 0. The van der Waals surface area contributed by atoms with Crippen LogP contribution >= 0.6 is 0 Å². The maximum absolute atomic E-state index is 10.9.